The summed E-state index contributed by atoms with van der Waals surface area (Å²) < 4.78 is 0.959. The van der Waals surface area contributed by atoms with Crippen LogP contribution in [0.2, 0.25) is 5.02 Å². The molecule has 0 aliphatic heterocycles. The third-order valence-electron chi connectivity index (χ3n) is 1.84. The molecule has 0 aromatic heterocycles. The lowest BCUT2D eigenvalue weighted by atomic mass is 10.1. The van der Waals surface area contributed by atoms with E-state index in [1.165, 1.54) is 0 Å². The first-order valence-corrected chi connectivity index (χ1v) is 5.23. The van der Waals surface area contributed by atoms with Crippen LogP contribution in [0.4, 0.5) is 0 Å². The second kappa shape index (κ2) is 4.96. The van der Waals surface area contributed by atoms with Crippen LogP contribution in [-0.4, -0.2) is 6.54 Å². The Morgan fingerprint density at radius 2 is 2.15 bits per heavy atom. The molecule has 2 nitrogen and oxygen atoms in total. The van der Waals surface area contributed by atoms with Crippen molar-refractivity contribution < 1.29 is 0 Å². The van der Waals surface area contributed by atoms with Gasteiger partial charge in [-0.3, -0.25) is 0 Å². The minimum Gasteiger partial charge on any atom is -0.330 e. The summed E-state index contributed by atoms with van der Waals surface area (Å²) >= 11 is 9.34. The predicted octanol–water partition coefficient (Wildman–Crippen LogP) is 2.45. The first-order valence-electron chi connectivity index (χ1n) is 4.05. The number of nitrogens with two attached hydrogens (primary N) is 2. The van der Waals surface area contributed by atoms with Crippen molar-refractivity contribution in [3.8, 4) is 0 Å². The van der Waals surface area contributed by atoms with Crippen molar-refractivity contribution in [1.82, 2.24) is 0 Å². The van der Waals surface area contributed by atoms with E-state index in [4.69, 9.17) is 23.1 Å². The fraction of sp³-hybridized carbons (Fsp3) is 0.333. The monoisotopic (exact) mass is 262 g/mol. The molecule has 0 saturated heterocycles. The Balaban J connectivity index is 2.88. The maximum absolute atomic E-state index is 6.01. The molecule has 0 aliphatic carbocycles. The molecule has 1 aromatic rings. The maximum atomic E-state index is 6.01. The third-order valence-corrected chi connectivity index (χ3v) is 2.66. The summed E-state index contributed by atoms with van der Waals surface area (Å²) in [6, 6.07) is 5.63. The van der Waals surface area contributed by atoms with Crippen LogP contribution in [0.15, 0.2) is 22.7 Å². The number of hydrogen-bond donors (Lipinski definition) is 2. The molecule has 13 heavy (non-hydrogen) atoms. The molecule has 0 fully saturated rings. The molecule has 72 valence electrons. The zero-order chi connectivity index (χ0) is 9.84. The fourth-order valence-electron chi connectivity index (χ4n) is 1.14. The lowest BCUT2D eigenvalue weighted by Gasteiger charge is -2.12. The molecule has 4 heteroatoms. The third kappa shape index (κ3) is 2.95. The first kappa shape index (κ1) is 11.0. The minimum atomic E-state index is -0.0643. The van der Waals surface area contributed by atoms with E-state index in [9.17, 15) is 0 Å². The SMILES string of the molecule is NCC[C@H](N)c1ccc(Br)cc1Cl. The van der Waals surface area contributed by atoms with Gasteiger partial charge >= 0.3 is 0 Å². The molecule has 0 spiro atoms. The summed E-state index contributed by atoms with van der Waals surface area (Å²) in [6.45, 7) is 0.577. The summed E-state index contributed by atoms with van der Waals surface area (Å²) in [4.78, 5) is 0. The van der Waals surface area contributed by atoms with Crippen LogP contribution in [0, 0.1) is 0 Å². The molecule has 0 radical (unpaired) electrons. The highest BCUT2D eigenvalue weighted by Gasteiger charge is 2.08. The average Bonchev–Trinajstić information content (AvgIpc) is 2.04. The number of rotatable bonds is 3. The van der Waals surface area contributed by atoms with Gasteiger partial charge in [-0.2, -0.15) is 0 Å². The van der Waals surface area contributed by atoms with Gasteiger partial charge in [0.05, 0.1) is 0 Å². The predicted molar refractivity (Wildman–Crippen MR) is 59.8 cm³/mol. The first-order chi connectivity index (χ1) is 6.15. The smallest absolute Gasteiger partial charge is 0.0464 e. The van der Waals surface area contributed by atoms with Crippen LogP contribution in [0.5, 0.6) is 0 Å². The molecule has 4 N–H and O–H groups in total. The average molecular weight is 264 g/mol. The second-order valence-corrected chi connectivity index (χ2v) is 4.17. The summed E-state index contributed by atoms with van der Waals surface area (Å²) in [5.41, 5.74) is 12.2. The quantitative estimate of drug-likeness (QED) is 0.880. The van der Waals surface area contributed by atoms with E-state index in [1.807, 2.05) is 18.2 Å². The Bertz CT molecular complexity index is 291. The van der Waals surface area contributed by atoms with Crippen LogP contribution >= 0.6 is 27.5 Å². The normalized spacial score (nSPS) is 12.9. The van der Waals surface area contributed by atoms with Crippen molar-refractivity contribution in [2.45, 2.75) is 12.5 Å². The van der Waals surface area contributed by atoms with Crippen molar-refractivity contribution in [3.05, 3.63) is 33.3 Å². The molecular weight excluding hydrogens is 251 g/mol. The van der Waals surface area contributed by atoms with Crippen molar-refractivity contribution >= 4 is 27.5 Å². The highest BCUT2D eigenvalue weighted by molar-refractivity contribution is 9.10. The number of halogens is 2. The Morgan fingerprint density at radius 1 is 1.46 bits per heavy atom. The molecular formula is C9H12BrClN2. The van der Waals surface area contributed by atoms with Crippen LogP contribution in [-0.2, 0) is 0 Å². The van der Waals surface area contributed by atoms with E-state index >= 15 is 0 Å². The number of hydrogen-bond acceptors (Lipinski definition) is 2. The van der Waals surface area contributed by atoms with Gasteiger partial charge in [-0.05, 0) is 30.7 Å². The molecule has 0 heterocycles. The molecule has 1 atom stereocenters. The van der Waals surface area contributed by atoms with E-state index in [-0.39, 0.29) is 6.04 Å². The molecule has 0 amide bonds. The maximum Gasteiger partial charge on any atom is 0.0464 e. The van der Waals surface area contributed by atoms with E-state index in [1.54, 1.807) is 0 Å². The Labute approximate surface area is 91.4 Å². The molecule has 1 rings (SSSR count). The molecule has 0 bridgehead atoms. The highest BCUT2D eigenvalue weighted by atomic mass is 79.9. The van der Waals surface area contributed by atoms with E-state index in [0.717, 1.165) is 16.5 Å². The second-order valence-electron chi connectivity index (χ2n) is 2.85. The van der Waals surface area contributed by atoms with Crippen molar-refractivity contribution in [2.75, 3.05) is 6.54 Å². The summed E-state index contributed by atoms with van der Waals surface area (Å²) in [5, 5.41) is 0.690. The van der Waals surface area contributed by atoms with Gasteiger partial charge in [-0.15, -0.1) is 0 Å². The van der Waals surface area contributed by atoms with E-state index < -0.39 is 0 Å². The highest BCUT2D eigenvalue weighted by Crippen LogP contribution is 2.26. The Kier molecular flexibility index (Phi) is 4.19. The van der Waals surface area contributed by atoms with Crippen molar-refractivity contribution in [3.63, 3.8) is 0 Å². The van der Waals surface area contributed by atoms with E-state index in [0.29, 0.717) is 11.6 Å². The molecule has 0 saturated carbocycles. The van der Waals surface area contributed by atoms with Gasteiger partial charge in [0.2, 0.25) is 0 Å². The summed E-state index contributed by atoms with van der Waals surface area (Å²) in [6.07, 6.45) is 0.751. The van der Waals surface area contributed by atoms with Gasteiger partial charge in [0.1, 0.15) is 0 Å². The Hall–Kier alpha value is -0.0900. The topological polar surface area (TPSA) is 52.0 Å². The molecule has 0 unspecified atom stereocenters. The molecule has 1 aromatic carbocycles. The van der Waals surface area contributed by atoms with Gasteiger partial charge < -0.3 is 11.5 Å². The standard InChI is InChI=1S/C9H12BrClN2/c10-6-1-2-7(8(11)5-6)9(13)3-4-12/h1-2,5,9H,3-4,12-13H2/t9-/m0/s1. The zero-order valence-electron chi connectivity index (χ0n) is 7.13. The summed E-state index contributed by atoms with van der Waals surface area (Å²) in [5.74, 6) is 0. The fourth-order valence-corrected chi connectivity index (χ4v) is 1.95. The van der Waals surface area contributed by atoms with Crippen molar-refractivity contribution in [2.24, 2.45) is 11.5 Å². The number of benzene rings is 1. The summed E-state index contributed by atoms with van der Waals surface area (Å²) in [7, 11) is 0. The van der Waals surface area contributed by atoms with Crippen LogP contribution in [0.1, 0.15) is 18.0 Å². The van der Waals surface area contributed by atoms with Gasteiger partial charge in [-0.25, -0.2) is 0 Å². The van der Waals surface area contributed by atoms with Crippen molar-refractivity contribution in [1.29, 1.82) is 0 Å². The largest absolute Gasteiger partial charge is 0.330 e. The lowest BCUT2D eigenvalue weighted by Crippen LogP contribution is -2.15. The van der Waals surface area contributed by atoms with E-state index in [2.05, 4.69) is 15.9 Å². The van der Waals surface area contributed by atoms with Gasteiger partial charge in [0, 0.05) is 15.5 Å². The Morgan fingerprint density at radius 3 is 2.69 bits per heavy atom. The van der Waals surface area contributed by atoms with Crippen LogP contribution < -0.4 is 11.5 Å². The zero-order valence-corrected chi connectivity index (χ0v) is 9.48. The van der Waals surface area contributed by atoms with Gasteiger partial charge in [0.25, 0.3) is 0 Å². The van der Waals surface area contributed by atoms with Crippen LogP contribution in [0.3, 0.4) is 0 Å². The van der Waals surface area contributed by atoms with Gasteiger partial charge in [0.15, 0.2) is 0 Å². The lowest BCUT2D eigenvalue weighted by molar-refractivity contribution is 0.661. The van der Waals surface area contributed by atoms with Gasteiger partial charge in [-0.1, -0.05) is 33.6 Å². The van der Waals surface area contributed by atoms with Crippen LogP contribution in [0.25, 0.3) is 0 Å². The minimum absolute atomic E-state index is 0.0643. The molecule has 0 aliphatic rings.